The fraction of sp³-hybridized carbons (Fsp3) is 0.765. The second-order valence-electron chi connectivity index (χ2n) is 6.54. The summed E-state index contributed by atoms with van der Waals surface area (Å²) < 4.78 is 5.80. The second-order valence-corrected chi connectivity index (χ2v) is 6.54. The van der Waals surface area contributed by atoms with Gasteiger partial charge in [0.25, 0.3) is 0 Å². The van der Waals surface area contributed by atoms with Crippen molar-refractivity contribution < 1.29 is 4.42 Å². The zero-order valence-corrected chi connectivity index (χ0v) is 13.5. The molecule has 1 N–H and O–H groups in total. The Hall–Kier alpha value is -0.800. The van der Waals surface area contributed by atoms with Gasteiger partial charge in [0.2, 0.25) is 0 Å². The minimum atomic E-state index is 0.816. The van der Waals surface area contributed by atoms with E-state index >= 15 is 0 Å². The van der Waals surface area contributed by atoms with E-state index in [1.54, 1.807) is 0 Å². The van der Waals surface area contributed by atoms with Gasteiger partial charge in [-0.3, -0.25) is 4.90 Å². The predicted octanol–water partition coefficient (Wildman–Crippen LogP) is 3.57. The number of rotatable bonds is 5. The maximum Gasteiger partial charge on any atom is 0.118 e. The number of nitrogens with zero attached hydrogens (tertiary/aromatic N) is 1. The molecule has 0 amide bonds. The molecule has 1 aliphatic heterocycles. The summed E-state index contributed by atoms with van der Waals surface area (Å²) in [5.41, 5.74) is 1.36. The lowest BCUT2D eigenvalue weighted by molar-refractivity contribution is 0.263. The van der Waals surface area contributed by atoms with Crippen molar-refractivity contribution in [2.24, 2.45) is 11.8 Å². The number of aryl methyl sites for hydroxylation is 1. The first-order valence-electron chi connectivity index (χ1n) is 8.05. The largest absolute Gasteiger partial charge is 0.465 e. The third kappa shape index (κ3) is 4.10. The van der Waals surface area contributed by atoms with E-state index in [1.165, 1.54) is 37.9 Å². The molecule has 0 aliphatic carbocycles. The third-order valence-electron chi connectivity index (χ3n) is 4.62. The monoisotopic (exact) mass is 278 g/mol. The third-order valence-corrected chi connectivity index (χ3v) is 4.62. The van der Waals surface area contributed by atoms with Crippen LogP contribution >= 0.6 is 0 Å². The highest BCUT2D eigenvalue weighted by Gasteiger charge is 2.20. The van der Waals surface area contributed by atoms with Crippen molar-refractivity contribution in [2.45, 2.75) is 53.1 Å². The average Bonchev–Trinajstić information content (AvgIpc) is 2.62. The minimum Gasteiger partial charge on any atom is -0.465 e. The molecule has 1 aliphatic rings. The predicted molar refractivity (Wildman–Crippen MR) is 83.7 cm³/mol. The Morgan fingerprint density at radius 1 is 1.35 bits per heavy atom. The minimum absolute atomic E-state index is 0.816. The van der Waals surface area contributed by atoms with Crippen molar-refractivity contribution in [3.05, 3.63) is 23.2 Å². The first-order valence-corrected chi connectivity index (χ1v) is 8.05. The number of hydrogen-bond acceptors (Lipinski definition) is 3. The highest BCUT2D eigenvalue weighted by atomic mass is 16.3. The highest BCUT2D eigenvalue weighted by Crippen LogP contribution is 2.26. The van der Waals surface area contributed by atoms with Gasteiger partial charge in [0.05, 0.1) is 6.54 Å². The Bertz CT molecular complexity index is 411. The molecule has 1 fully saturated rings. The van der Waals surface area contributed by atoms with Crippen LogP contribution in [0.2, 0.25) is 0 Å². The van der Waals surface area contributed by atoms with Crippen LogP contribution in [-0.4, -0.2) is 25.0 Å². The van der Waals surface area contributed by atoms with Crippen LogP contribution in [0.15, 0.2) is 10.5 Å². The van der Waals surface area contributed by atoms with Crippen LogP contribution < -0.4 is 5.32 Å². The van der Waals surface area contributed by atoms with Gasteiger partial charge in [-0.15, -0.1) is 0 Å². The van der Waals surface area contributed by atoms with E-state index in [9.17, 15) is 0 Å². The van der Waals surface area contributed by atoms with Gasteiger partial charge in [0.1, 0.15) is 11.5 Å². The fourth-order valence-electron chi connectivity index (χ4n) is 3.25. The fourth-order valence-corrected chi connectivity index (χ4v) is 3.25. The lowest BCUT2D eigenvalue weighted by Crippen LogP contribution is -2.24. The molecule has 1 aromatic rings. The Kier molecular flexibility index (Phi) is 5.67. The van der Waals surface area contributed by atoms with Crippen LogP contribution in [0, 0.1) is 18.8 Å². The van der Waals surface area contributed by atoms with Crippen LogP contribution in [-0.2, 0) is 13.1 Å². The lowest BCUT2D eigenvalue weighted by Gasteiger charge is -2.21. The standard InChI is InChI=1S/C17H30N2O/c1-13(2)15-6-5-8-19(9-7-15)12-16-10-17(11-18-4)20-14(16)3/h10,13,15,18H,5-9,11-12H2,1-4H3. The molecule has 0 bridgehead atoms. The zero-order valence-electron chi connectivity index (χ0n) is 13.5. The van der Waals surface area contributed by atoms with E-state index < -0.39 is 0 Å². The Balaban J connectivity index is 1.93. The average molecular weight is 278 g/mol. The smallest absolute Gasteiger partial charge is 0.118 e. The van der Waals surface area contributed by atoms with Gasteiger partial charge in [-0.25, -0.2) is 0 Å². The summed E-state index contributed by atoms with van der Waals surface area (Å²) in [4.78, 5) is 2.60. The van der Waals surface area contributed by atoms with E-state index in [4.69, 9.17) is 4.42 Å². The summed E-state index contributed by atoms with van der Waals surface area (Å²) in [6, 6.07) is 2.22. The number of likely N-dealkylation sites (tertiary alicyclic amines) is 1. The Labute approximate surface area is 123 Å². The van der Waals surface area contributed by atoms with Crippen molar-refractivity contribution in [3.63, 3.8) is 0 Å². The van der Waals surface area contributed by atoms with E-state index in [-0.39, 0.29) is 0 Å². The van der Waals surface area contributed by atoms with Crippen molar-refractivity contribution in [3.8, 4) is 0 Å². The molecule has 2 heterocycles. The summed E-state index contributed by atoms with van der Waals surface area (Å²) in [7, 11) is 1.96. The molecule has 1 saturated heterocycles. The van der Waals surface area contributed by atoms with Gasteiger partial charge in [-0.1, -0.05) is 13.8 Å². The van der Waals surface area contributed by atoms with Gasteiger partial charge in [0, 0.05) is 12.1 Å². The van der Waals surface area contributed by atoms with Gasteiger partial charge in [-0.2, -0.15) is 0 Å². The number of furan rings is 1. The SMILES string of the molecule is CNCc1cc(CN2CCCC(C(C)C)CC2)c(C)o1. The maximum atomic E-state index is 5.80. The van der Waals surface area contributed by atoms with Gasteiger partial charge in [0.15, 0.2) is 0 Å². The molecule has 0 saturated carbocycles. The van der Waals surface area contributed by atoms with Crippen molar-refractivity contribution in [2.75, 3.05) is 20.1 Å². The van der Waals surface area contributed by atoms with E-state index in [0.29, 0.717) is 0 Å². The molecule has 0 radical (unpaired) electrons. The summed E-state index contributed by atoms with van der Waals surface area (Å²) in [6.45, 7) is 11.1. The molecule has 0 spiro atoms. The van der Waals surface area contributed by atoms with Crippen LogP contribution in [0.4, 0.5) is 0 Å². The van der Waals surface area contributed by atoms with Crippen molar-refractivity contribution in [1.82, 2.24) is 10.2 Å². The Morgan fingerprint density at radius 3 is 2.85 bits per heavy atom. The van der Waals surface area contributed by atoms with Gasteiger partial charge >= 0.3 is 0 Å². The number of nitrogens with one attached hydrogen (secondary N) is 1. The quantitative estimate of drug-likeness (QED) is 0.892. The lowest BCUT2D eigenvalue weighted by atomic mass is 9.89. The molecule has 3 nitrogen and oxygen atoms in total. The first-order chi connectivity index (χ1) is 9.60. The molecule has 3 heteroatoms. The molecule has 114 valence electrons. The summed E-state index contributed by atoms with van der Waals surface area (Å²) >= 11 is 0. The maximum absolute atomic E-state index is 5.80. The highest BCUT2D eigenvalue weighted by molar-refractivity contribution is 5.20. The van der Waals surface area contributed by atoms with Crippen molar-refractivity contribution in [1.29, 1.82) is 0 Å². The molecule has 1 unspecified atom stereocenters. The molecular formula is C17H30N2O. The van der Waals surface area contributed by atoms with E-state index in [0.717, 1.165) is 36.4 Å². The summed E-state index contributed by atoms with van der Waals surface area (Å²) in [5.74, 6) is 3.87. The molecular weight excluding hydrogens is 248 g/mol. The van der Waals surface area contributed by atoms with E-state index in [2.05, 4.69) is 37.1 Å². The molecule has 20 heavy (non-hydrogen) atoms. The van der Waals surface area contributed by atoms with Gasteiger partial charge < -0.3 is 9.73 Å². The zero-order chi connectivity index (χ0) is 14.5. The van der Waals surface area contributed by atoms with Gasteiger partial charge in [-0.05, 0) is 64.2 Å². The van der Waals surface area contributed by atoms with Crippen LogP contribution in [0.3, 0.4) is 0 Å². The topological polar surface area (TPSA) is 28.4 Å². The molecule has 1 aromatic heterocycles. The first kappa shape index (κ1) is 15.6. The number of hydrogen-bond donors (Lipinski definition) is 1. The van der Waals surface area contributed by atoms with Crippen molar-refractivity contribution >= 4 is 0 Å². The summed E-state index contributed by atoms with van der Waals surface area (Å²) in [6.07, 6.45) is 4.07. The summed E-state index contributed by atoms with van der Waals surface area (Å²) in [5, 5.41) is 3.15. The normalized spacial score (nSPS) is 21.4. The second kappa shape index (κ2) is 7.28. The van der Waals surface area contributed by atoms with Crippen LogP contribution in [0.25, 0.3) is 0 Å². The molecule has 1 atom stereocenters. The Morgan fingerprint density at radius 2 is 2.15 bits per heavy atom. The van der Waals surface area contributed by atoms with Crippen LogP contribution in [0.1, 0.15) is 50.2 Å². The molecule has 0 aromatic carbocycles. The van der Waals surface area contributed by atoms with E-state index in [1.807, 2.05) is 7.05 Å². The molecule has 2 rings (SSSR count). The van der Waals surface area contributed by atoms with Crippen LogP contribution in [0.5, 0.6) is 0 Å².